The Hall–Kier alpha value is -0.550. The highest BCUT2D eigenvalue weighted by molar-refractivity contribution is 5.02. The van der Waals surface area contributed by atoms with Crippen LogP contribution in [-0.2, 0) is 0 Å². The molecule has 1 aliphatic carbocycles. The third kappa shape index (κ3) is 1.72. The van der Waals surface area contributed by atoms with E-state index in [0.717, 1.165) is 12.8 Å². The molecule has 1 aliphatic rings. The van der Waals surface area contributed by atoms with Gasteiger partial charge in [-0.25, -0.2) is 0 Å². The normalized spacial score (nSPS) is 44.9. The van der Waals surface area contributed by atoms with Crippen LogP contribution in [0.4, 0.5) is 0 Å². The number of nitrogens with zero attached hydrogens (tertiary/aromatic N) is 1. The molecule has 2 N–H and O–H groups in total. The molecule has 1 rings (SSSR count). The fourth-order valence-corrected chi connectivity index (χ4v) is 1.72. The lowest BCUT2D eigenvalue weighted by molar-refractivity contribution is 0.209. The molecule has 0 aromatic carbocycles. The van der Waals surface area contributed by atoms with Crippen molar-refractivity contribution >= 4 is 0 Å². The number of nitriles is 1. The van der Waals surface area contributed by atoms with Crippen LogP contribution in [0.2, 0.25) is 0 Å². The zero-order chi connectivity index (χ0) is 8.48. The van der Waals surface area contributed by atoms with E-state index in [1.807, 2.05) is 6.92 Å². The molecule has 1 saturated carbocycles. The Morgan fingerprint density at radius 2 is 2.27 bits per heavy atom. The molecule has 0 aromatic heterocycles. The van der Waals surface area contributed by atoms with Crippen molar-refractivity contribution in [3.05, 3.63) is 0 Å². The van der Waals surface area contributed by atoms with Gasteiger partial charge in [0.15, 0.2) is 0 Å². The van der Waals surface area contributed by atoms with E-state index < -0.39 is 0 Å². The number of hydrogen-bond donors (Lipinski definition) is 1. The Balaban J connectivity index is 2.65. The first kappa shape index (κ1) is 8.55. The first-order valence-electron chi connectivity index (χ1n) is 4.25. The van der Waals surface area contributed by atoms with Gasteiger partial charge in [0.05, 0.1) is 12.0 Å². The Morgan fingerprint density at radius 3 is 2.73 bits per heavy atom. The monoisotopic (exact) mass is 152 g/mol. The van der Waals surface area contributed by atoms with Crippen LogP contribution in [0.15, 0.2) is 0 Å². The van der Waals surface area contributed by atoms with Gasteiger partial charge in [-0.3, -0.25) is 0 Å². The molecule has 2 nitrogen and oxygen atoms in total. The van der Waals surface area contributed by atoms with Gasteiger partial charge in [-0.05, 0) is 32.1 Å². The fraction of sp³-hybridized carbons (Fsp3) is 0.889. The lowest BCUT2D eigenvalue weighted by Crippen LogP contribution is -2.47. The predicted molar refractivity (Wildman–Crippen MR) is 44.7 cm³/mol. The van der Waals surface area contributed by atoms with E-state index in [0.29, 0.717) is 5.92 Å². The lowest BCUT2D eigenvalue weighted by Gasteiger charge is -2.36. The third-order valence-electron chi connectivity index (χ3n) is 2.77. The molecule has 62 valence electrons. The molecule has 11 heavy (non-hydrogen) atoms. The summed E-state index contributed by atoms with van der Waals surface area (Å²) in [6.45, 7) is 4.19. The average Bonchev–Trinajstić information content (AvgIpc) is 1.94. The molecule has 1 fully saturated rings. The van der Waals surface area contributed by atoms with E-state index >= 15 is 0 Å². The second kappa shape index (κ2) is 2.83. The van der Waals surface area contributed by atoms with Crippen molar-refractivity contribution in [2.24, 2.45) is 17.6 Å². The van der Waals surface area contributed by atoms with Crippen LogP contribution in [0.25, 0.3) is 0 Å². The smallest absolute Gasteiger partial charge is 0.0675 e. The molecule has 2 unspecified atom stereocenters. The van der Waals surface area contributed by atoms with Gasteiger partial charge >= 0.3 is 0 Å². The molecule has 2 heteroatoms. The summed E-state index contributed by atoms with van der Waals surface area (Å²) in [4.78, 5) is 0. The molecule has 0 radical (unpaired) electrons. The van der Waals surface area contributed by atoms with E-state index in [1.165, 1.54) is 6.42 Å². The zero-order valence-electron chi connectivity index (χ0n) is 7.30. The Kier molecular flexibility index (Phi) is 2.20. The maximum absolute atomic E-state index is 8.81. The molecule has 0 bridgehead atoms. The van der Waals surface area contributed by atoms with Crippen LogP contribution in [-0.4, -0.2) is 5.54 Å². The summed E-state index contributed by atoms with van der Waals surface area (Å²) in [5.41, 5.74) is 5.74. The molecule has 0 aromatic rings. The van der Waals surface area contributed by atoms with Crippen LogP contribution in [0, 0.1) is 23.2 Å². The van der Waals surface area contributed by atoms with Crippen molar-refractivity contribution in [3.8, 4) is 6.07 Å². The predicted octanol–water partition coefficient (Wildman–Crippen LogP) is 1.66. The van der Waals surface area contributed by atoms with Crippen molar-refractivity contribution in [1.29, 1.82) is 5.26 Å². The summed E-state index contributed by atoms with van der Waals surface area (Å²) in [5, 5.41) is 8.81. The van der Waals surface area contributed by atoms with Gasteiger partial charge in [0, 0.05) is 5.54 Å². The largest absolute Gasteiger partial charge is 0.324 e. The van der Waals surface area contributed by atoms with Gasteiger partial charge in [-0.2, -0.15) is 5.26 Å². The van der Waals surface area contributed by atoms with Crippen molar-refractivity contribution in [1.82, 2.24) is 0 Å². The summed E-state index contributed by atoms with van der Waals surface area (Å²) < 4.78 is 0. The first-order chi connectivity index (χ1) is 5.06. The van der Waals surface area contributed by atoms with Crippen molar-refractivity contribution in [2.75, 3.05) is 0 Å². The fourth-order valence-electron chi connectivity index (χ4n) is 1.72. The number of hydrogen-bond acceptors (Lipinski definition) is 2. The van der Waals surface area contributed by atoms with Crippen molar-refractivity contribution < 1.29 is 0 Å². The summed E-state index contributed by atoms with van der Waals surface area (Å²) in [6, 6.07) is 2.30. The zero-order valence-corrected chi connectivity index (χ0v) is 7.30. The average molecular weight is 152 g/mol. The Bertz CT molecular complexity index is 178. The minimum Gasteiger partial charge on any atom is -0.324 e. The second-order valence-electron chi connectivity index (χ2n) is 4.07. The molecular weight excluding hydrogens is 136 g/mol. The van der Waals surface area contributed by atoms with E-state index in [-0.39, 0.29) is 11.5 Å². The third-order valence-corrected chi connectivity index (χ3v) is 2.77. The molecule has 0 heterocycles. The topological polar surface area (TPSA) is 49.8 Å². The van der Waals surface area contributed by atoms with Gasteiger partial charge in [0.2, 0.25) is 0 Å². The molecule has 0 amide bonds. The summed E-state index contributed by atoms with van der Waals surface area (Å²) in [7, 11) is 0. The summed E-state index contributed by atoms with van der Waals surface area (Å²) in [5.74, 6) is 0.738. The Labute approximate surface area is 68.4 Å². The van der Waals surface area contributed by atoms with Gasteiger partial charge in [0.1, 0.15) is 0 Å². The van der Waals surface area contributed by atoms with Crippen LogP contribution in [0.1, 0.15) is 33.1 Å². The van der Waals surface area contributed by atoms with Gasteiger partial charge in [-0.15, -0.1) is 0 Å². The van der Waals surface area contributed by atoms with Crippen LogP contribution in [0.5, 0.6) is 0 Å². The first-order valence-corrected chi connectivity index (χ1v) is 4.25. The summed E-state index contributed by atoms with van der Waals surface area (Å²) in [6.07, 6.45) is 3.14. The highest BCUT2D eigenvalue weighted by Crippen LogP contribution is 2.34. The molecule has 3 atom stereocenters. The van der Waals surface area contributed by atoms with E-state index in [9.17, 15) is 0 Å². The maximum Gasteiger partial charge on any atom is 0.0675 e. The molecule has 0 aliphatic heterocycles. The number of nitrogens with two attached hydrogens (primary N) is 1. The molecule has 0 spiro atoms. The minimum absolute atomic E-state index is 0.0613. The van der Waals surface area contributed by atoms with Crippen molar-refractivity contribution in [3.63, 3.8) is 0 Å². The van der Waals surface area contributed by atoms with Gasteiger partial charge in [-0.1, -0.05) is 6.92 Å². The standard InChI is InChI=1S/C9H16N2/c1-7-3-4-9(2,11)8(5-7)6-10/h7-8H,3-5,11H2,1-2H3/t7?,8?,9-/m0/s1. The Morgan fingerprint density at radius 1 is 1.64 bits per heavy atom. The number of rotatable bonds is 0. The maximum atomic E-state index is 8.81. The highest BCUT2D eigenvalue weighted by atomic mass is 14.8. The van der Waals surface area contributed by atoms with Crippen LogP contribution in [0.3, 0.4) is 0 Å². The molecular formula is C9H16N2. The van der Waals surface area contributed by atoms with Crippen LogP contribution >= 0.6 is 0 Å². The lowest BCUT2D eigenvalue weighted by atomic mass is 9.71. The van der Waals surface area contributed by atoms with Gasteiger partial charge in [0.25, 0.3) is 0 Å². The van der Waals surface area contributed by atoms with E-state index in [2.05, 4.69) is 13.0 Å². The summed E-state index contributed by atoms with van der Waals surface area (Å²) >= 11 is 0. The molecule has 0 saturated heterocycles. The van der Waals surface area contributed by atoms with Crippen molar-refractivity contribution in [2.45, 2.75) is 38.6 Å². The van der Waals surface area contributed by atoms with E-state index in [4.69, 9.17) is 11.0 Å². The van der Waals surface area contributed by atoms with Crippen LogP contribution < -0.4 is 5.73 Å². The quantitative estimate of drug-likeness (QED) is 0.574. The SMILES string of the molecule is CC1CC[C@](C)(N)C(C#N)C1. The highest BCUT2D eigenvalue weighted by Gasteiger charge is 2.35. The minimum atomic E-state index is -0.235. The van der Waals surface area contributed by atoms with E-state index in [1.54, 1.807) is 0 Å². The van der Waals surface area contributed by atoms with Gasteiger partial charge < -0.3 is 5.73 Å². The second-order valence-corrected chi connectivity index (χ2v) is 4.07.